The monoisotopic (exact) mass is 259 g/mol. The molecule has 0 fully saturated rings. The van der Waals surface area contributed by atoms with Crippen LogP contribution in [-0.4, -0.2) is 19.7 Å². The second-order valence-corrected chi connectivity index (χ2v) is 4.20. The van der Waals surface area contributed by atoms with Crippen LogP contribution in [0.1, 0.15) is 5.56 Å². The molecule has 0 bridgehead atoms. The van der Waals surface area contributed by atoms with Crippen LogP contribution in [0.25, 0.3) is 16.8 Å². The zero-order valence-corrected chi connectivity index (χ0v) is 10.0. The molecule has 3 aromatic rings. The van der Waals surface area contributed by atoms with Crippen molar-refractivity contribution >= 4 is 5.65 Å². The Bertz CT molecular complexity index is 836. The van der Waals surface area contributed by atoms with Gasteiger partial charge in [-0.2, -0.15) is 9.61 Å². The molecule has 2 aromatic heterocycles. The second kappa shape index (κ2) is 3.94. The van der Waals surface area contributed by atoms with Crippen LogP contribution in [0.15, 0.2) is 35.3 Å². The number of aromatic nitrogens is 3. The maximum atomic E-state index is 13.8. The molecule has 96 valence electrons. The molecular weight excluding hydrogens is 249 g/mol. The van der Waals surface area contributed by atoms with Gasteiger partial charge >= 0.3 is 0 Å². The van der Waals surface area contributed by atoms with Crippen molar-refractivity contribution in [2.45, 2.75) is 6.92 Å². The SMILES string of the molecule is Cc1c(O)n2ncc(-c3ccccc3F)c2[nH]c1=O. The van der Waals surface area contributed by atoms with Crippen LogP contribution >= 0.6 is 0 Å². The topological polar surface area (TPSA) is 70.4 Å². The zero-order chi connectivity index (χ0) is 13.6. The van der Waals surface area contributed by atoms with Gasteiger partial charge in [0, 0.05) is 11.1 Å². The van der Waals surface area contributed by atoms with Gasteiger partial charge in [0.15, 0.2) is 0 Å². The molecule has 0 saturated carbocycles. The van der Waals surface area contributed by atoms with Crippen LogP contribution in [0.5, 0.6) is 5.88 Å². The van der Waals surface area contributed by atoms with Gasteiger partial charge in [-0.15, -0.1) is 0 Å². The number of halogens is 1. The highest BCUT2D eigenvalue weighted by molar-refractivity contribution is 5.77. The first kappa shape index (κ1) is 11.5. The minimum atomic E-state index is -0.428. The highest BCUT2D eigenvalue weighted by Gasteiger charge is 2.15. The number of aromatic amines is 1. The summed E-state index contributed by atoms with van der Waals surface area (Å²) in [4.78, 5) is 14.3. The minimum absolute atomic E-state index is 0.163. The van der Waals surface area contributed by atoms with Crippen molar-refractivity contribution in [3.05, 3.63) is 52.2 Å². The van der Waals surface area contributed by atoms with Crippen LogP contribution in [0, 0.1) is 12.7 Å². The zero-order valence-electron chi connectivity index (χ0n) is 10.0. The standard InChI is InChI=1S/C13H10FN3O2/c1-7-12(18)16-11-9(6-15-17(11)13(7)19)8-4-2-3-5-10(8)14/h2-6,19H,1H3,(H,16,18). The fraction of sp³-hybridized carbons (Fsp3) is 0.0769. The molecule has 0 aliphatic rings. The first-order valence-electron chi connectivity index (χ1n) is 5.64. The van der Waals surface area contributed by atoms with E-state index in [1.54, 1.807) is 18.2 Å². The van der Waals surface area contributed by atoms with Crippen molar-refractivity contribution in [3.63, 3.8) is 0 Å². The number of fused-ring (bicyclic) bond motifs is 1. The molecule has 5 nitrogen and oxygen atoms in total. The van der Waals surface area contributed by atoms with Crippen molar-refractivity contribution in [2.24, 2.45) is 0 Å². The van der Waals surface area contributed by atoms with E-state index >= 15 is 0 Å². The number of hydrogen-bond donors (Lipinski definition) is 2. The molecule has 0 aliphatic carbocycles. The summed E-state index contributed by atoms with van der Waals surface area (Å²) in [5, 5.41) is 13.8. The Morgan fingerprint density at radius 2 is 2.05 bits per heavy atom. The number of nitrogens with one attached hydrogen (secondary N) is 1. The quantitative estimate of drug-likeness (QED) is 0.700. The summed E-state index contributed by atoms with van der Waals surface area (Å²) in [6.45, 7) is 1.48. The third kappa shape index (κ3) is 1.61. The summed E-state index contributed by atoms with van der Waals surface area (Å²) < 4.78 is 14.9. The molecule has 0 atom stereocenters. The van der Waals surface area contributed by atoms with Crippen molar-refractivity contribution < 1.29 is 9.50 Å². The van der Waals surface area contributed by atoms with E-state index in [1.165, 1.54) is 23.7 Å². The van der Waals surface area contributed by atoms with Gasteiger partial charge in [-0.05, 0) is 13.0 Å². The summed E-state index contributed by atoms with van der Waals surface area (Å²) in [6.07, 6.45) is 1.41. The van der Waals surface area contributed by atoms with Crippen molar-refractivity contribution in [1.82, 2.24) is 14.6 Å². The molecule has 1 aromatic carbocycles. The predicted molar refractivity (Wildman–Crippen MR) is 67.6 cm³/mol. The fourth-order valence-corrected chi connectivity index (χ4v) is 1.97. The fourth-order valence-electron chi connectivity index (χ4n) is 1.97. The van der Waals surface area contributed by atoms with E-state index in [4.69, 9.17) is 0 Å². The van der Waals surface area contributed by atoms with E-state index in [-0.39, 0.29) is 17.1 Å². The second-order valence-electron chi connectivity index (χ2n) is 4.20. The summed E-state index contributed by atoms with van der Waals surface area (Å²) in [5.41, 5.74) is 0.735. The molecule has 3 rings (SSSR count). The number of benzene rings is 1. The van der Waals surface area contributed by atoms with E-state index in [0.717, 1.165) is 0 Å². The predicted octanol–water partition coefficient (Wildman–Crippen LogP) is 1.84. The number of aromatic hydroxyl groups is 1. The Kier molecular flexibility index (Phi) is 2.38. The molecule has 2 heterocycles. The van der Waals surface area contributed by atoms with Crippen LogP contribution in [0.4, 0.5) is 4.39 Å². The van der Waals surface area contributed by atoms with Crippen LogP contribution in [0.2, 0.25) is 0 Å². The van der Waals surface area contributed by atoms with Gasteiger partial charge in [0.25, 0.3) is 5.56 Å². The Morgan fingerprint density at radius 3 is 2.79 bits per heavy atom. The first-order chi connectivity index (χ1) is 9.09. The molecule has 0 amide bonds. The Hall–Kier alpha value is -2.63. The molecule has 19 heavy (non-hydrogen) atoms. The van der Waals surface area contributed by atoms with Gasteiger partial charge in [-0.25, -0.2) is 4.39 Å². The van der Waals surface area contributed by atoms with Gasteiger partial charge < -0.3 is 10.1 Å². The summed E-state index contributed by atoms with van der Waals surface area (Å²) in [7, 11) is 0. The average Bonchev–Trinajstić information content (AvgIpc) is 2.80. The summed E-state index contributed by atoms with van der Waals surface area (Å²) in [6, 6.07) is 6.18. The molecule has 0 spiro atoms. The van der Waals surface area contributed by atoms with Crippen LogP contribution < -0.4 is 5.56 Å². The smallest absolute Gasteiger partial charge is 0.257 e. The van der Waals surface area contributed by atoms with Gasteiger partial charge in [0.1, 0.15) is 11.5 Å². The van der Waals surface area contributed by atoms with Crippen molar-refractivity contribution in [1.29, 1.82) is 0 Å². The van der Waals surface area contributed by atoms with E-state index in [9.17, 15) is 14.3 Å². The lowest BCUT2D eigenvalue weighted by molar-refractivity contribution is 0.429. The lowest BCUT2D eigenvalue weighted by Crippen LogP contribution is -2.12. The Morgan fingerprint density at radius 1 is 1.32 bits per heavy atom. The van der Waals surface area contributed by atoms with Gasteiger partial charge in [0.2, 0.25) is 5.88 Å². The highest BCUT2D eigenvalue weighted by Crippen LogP contribution is 2.27. The molecule has 2 N–H and O–H groups in total. The van der Waals surface area contributed by atoms with E-state index in [0.29, 0.717) is 11.1 Å². The summed E-state index contributed by atoms with van der Waals surface area (Å²) >= 11 is 0. The molecule has 0 unspecified atom stereocenters. The maximum Gasteiger partial charge on any atom is 0.257 e. The highest BCUT2D eigenvalue weighted by atomic mass is 19.1. The molecular formula is C13H10FN3O2. The Balaban J connectivity index is 2.39. The third-order valence-corrected chi connectivity index (χ3v) is 3.04. The average molecular weight is 259 g/mol. The van der Waals surface area contributed by atoms with E-state index < -0.39 is 11.4 Å². The molecule has 0 saturated heterocycles. The summed E-state index contributed by atoms with van der Waals surface area (Å²) in [5.74, 6) is -0.667. The van der Waals surface area contributed by atoms with Crippen LogP contribution in [0.3, 0.4) is 0 Å². The number of H-pyrrole nitrogens is 1. The van der Waals surface area contributed by atoms with Gasteiger partial charge in [-0.3, -0.25) is 4.79 Å². The number of rotatable bonds is 1. The molecule has 6 heteroatoms. The van der Waals surface area contributed by atoms with Crippen molar-refractivity contribution in [2.75, 3.05) is 0 Å². The molecule has 0 aliphatic heterocycles. The van der Waals surface area contributed by atoms with E-state index in [2.05, 4.69) is 10.1 Å². The lowest BCUT2D eigenvalue weighted by atomic mass is 10.1. The third-order valence-electron chi connectivity index (χ3n) is 3.04. The van der Waals surface area contributed by atoms with Gasteiger partial charge in [-0.1, -0.05) is 18.2 Å². The Labute approximate surface area is 107 Å². The van der Waals surface area contributed by atoms with Crippen LogP contribution in [-0.2, 0) is 0 Å². The largest absolute Gasteiger partial charge is 0.493 e. The maximum absolute atomic E-state index is 13.8. The number of hydrogen-bond acceptors (Lipinski definition) is 3. The first-order valence-corrected chi connectivity index (χ1v) is 5.64. The molecule has 0 radical (unpaired) electrons. The number of nitrogens with zero attached hydrogens (tertiary/aromatic N) is 2. The normalized spacial score (nSPS) is 11.1. The van der Waals surface area contributed by atoms with E-state index in [1.807, 2.05) is 0 Å². The lowest BCUT2D eigenvalue weighted by Gasteiger charge is -2.03. The van der Waals surface area contributed by atoms with Gasteiger partial charge in [0.05, 0.1) is 11.8 Å². The minimum Gasteiger partial charge on any atom is -0.493 e. The van der Waals surface area contributed by atoms with Crippen molar-refractivity contribution in [3.8, 4) is 17.0 Å².